The fourth-order valence-electron chi connectivity index (χ4n) is 3.00. The molecule has 0 radical (unpaired) electrons. The van der Waals surface area contributed by atoms with Crippen molar-refractivity contribution in [2.75, 3.05) is 6.54 Å². The van der Waals surface area contributed by atoms with Gasteiger partial charge in [-0.25, -0.2) is 0 Å². The number of aliphatic carboxylic acids is 1. The monoisotopic (exact) mass is 475 g/mol. The number of carboxylic acids is 1. The minimum Gasteiger partial charge on any atom is -0.489 e. The molecule has 1 aliphatic heterocycles. The Hall–Kier alpha value is -2.35. The number of benzene rings is 2. The first kappa shape index (κ1) is 23.3. The van der Waals surface area contributed by atoms with Gasteiger partial charge in [0.2, 0.25) is 0 Å². The number of carbonyl (C=O) groups excluding carboxylic acids is 1. The molecule has 0 atom stereocenters. The zero-order valence-corrected chi connectivity index (χ0v) is 19.1. The van der Waals surface area contributed by atoms with E-state index in [1.54, 1.807) is 4.90 Å². The SMILES string of the molecule is O=C(O)CCCCCN1C(=O)C(=Cc2ccc(OCc3ccccc3Cl)cc2)SC1=S. The van der Waals surface area contributed by atoms with Crippen LogP contribution in [0.2, 0.25) is 5.02 Å². The van der Waals surface area contributed by atoms with Gasteiger partial charge in [-0.1, -0.05) is 72.3 Å². The van der Waals surface area contributed by atoms with Gasteiger partial charge < -0.3 is 9.84 Å². The number of thioether (sulfide) groups is 1. The molecule has 0 bridgehead atoms. The van der Waals surface area contributed by atoms with Crippen molar-refractivity contribution >= 4 is 57.9 Å². The minimum absolute atomic E-state index is 0.104. The number of rotatable bonds is 10. The topological polar surface area (TPSA) is 66.8 Å². The summed E-state index contributed by atoms with van der Waals surface area (Å²) in [4.78, 5) is 25.4. The zero-order valence-electron chi connectivity index (χ0n) is 16.8. The molecule has 1 saturated heterocycles. The molecule has 31 heavy (non-hydrogen) atoms. The summed E-state index contributed by atoms with van der Waals surface area (Å²) in [5.74, 6) is -0.188. The Morgan fingerprint density at radius 2 is 1.87 bits per heavy atom. The van der Waals surface area contributed by atoms with E-state index in [0.717, 1.165) is 24.0 Å². The number of nitrogens with zero attached hydrogens (tertiary/aromatic N) is 1. The lowest BCUT2D eigenvalue weighted by Crippen LogP contribution is -2.29. The highest BCUT2D eigenvalue weighted by Gasteiger charge is 2.31. The highest BCUT2D eigenvalue weighted by atomic mass is 35.5. The Morgan fingerprint density at radius 3 is 2.58 bits per heavy atom. The molecule has 1 aliphatic rings. The third-order valence-electron chi connectivity index (χ3n) is 4.68. The summed E-state index contributed by atoms with van der Waals surface area (Å²) in [6.07, 6.45) is 4.05. The molecular formula is C23H22ClNO4S2. The molecule has 1 heterocycles. The largest absolute Gasteiger partial charge is 0.489 e. The molecule has 0 aliphatic carbocycles. The molecule has 0 aromatic heterocycles. The maximum atomic E-state index is 12.7. The number of amides is 1. The summed E-state index contributed by atoms with van der Waals surface area (Å²) >= 11 is 12.8. The van der Waals surface area contributed by atoms with E-state index >= 15 is 0 Å². The summed E-state index contributed by atoms with van der Waals surface area (Å²) in [5.41, 5.74) is 1.80. The number of thiocarbonyl (C=S) groups is 1. The summed E-state index contributed by atoms with van der Waals surface area (Å²) in [7, 11) is 0. The van der Waals surface area contributed by atoms with E-state index in [1.807, 2.05) is 54.6 Å². The Labute approximate surface area is 196 Å². The van der Waals surface area contributed by atoms with E-state index in [0.29, 0.717) is 39.6 Å². The highest BCUT2D eigenvalue weighted by molar-refractivity contribution is 8.26. The van der Waals surface area contributed by atoms with E-state index in [-0.39, 0.29) is 12.3 Å². The smallest absolute Gasteiger partial charge is 0.303 e. The Morgan fingerprint density at radius 1 is 1.13 bits per heavy atom. The van der Waals surface area contributed by atoms with Crippen molar-refractivity contribution in [2.45, 2.75) is 32.3 Å². The standard InChI is InChI=1S/C23H22ClNO4S2/c24-19-7-4-3-6-17(19)15-29-18-11-9-16(10-12-18)14-20-22(28)25(23(30)31-20)13-5-1-2-8-21(26)27/h3-4,6-7,9-12,14H,1-2,5,8,13,15H2,(H,26,27). The lowest BCUT2D eigenvalue weighted by Gasteiger charge is -2.13. The fraction of sp³-hybridized carbons (Fsp3) is 0.261. The molecule has 8 heteroatoms. The third-order valence-corrected chi connectivity index (χ3v) is 6.42. The number of hydrogen-bond acceptors (Lipinski definition) is 5. The van der Waals surface area contributed by atoms with Gasteiger partial charge in [-0.05, 0) is 42.7 Å². The van der Waals surface area contributed by atoms with Gasteiger partial charge in [0.1, 0.15) is 16.7 Å². The molecule has 162 valence electrons. The number of ether oxygens (including phenoxy) is 1. The Kier molecular flexibility index (Phi) is 8.51. The van der Waals surface area contributed by atoms with Crippen LogP contribution in [0.5, 0.6) is 5.75 Å². The summed E-state index contributed by atoms with van der Waals surface area (Å²) in [6, 6.07) is 15.0. The number of halogens is 1. The summed E-state index contributed by atoms with van der Waals surface area (Å²) in [5, 5.41) is 9.35. The molecule has 5 nitrogen and oxygen atoms in total. The van der Waals surface area contributed by atoms with E-state index in [2.05, 4.69) is 0 Å². The summed E-state index contributed by atoms with van der Waals surface area (Å²) in [6.45, 7) is 0.889. The average Bonchev–Trinajstić information content (AvgIpc) is 3.01. The molecular weight excluding hydrogens is 454 g/mol. The number of carboxylic acid groups (broad SMARTS) is 1. The van der Waals surface area contributed by atoms with Crippen LogP contribution < -0.4 is 4.74 Å². The molecule has 1 fully saturated rings. The van der Waals surface area contributed by atoms with Crippen molar-refractivity contribution in [3.05, 3.63) is 69.6 Å². The minimum atomic E-state index is -0.797. The predicted molar refractivity (Wildman–Crippen MR) is 128 cm³/mol. The van der Waals surface area contributed by atoms with Crippen LogP contribution in [-0.2, 0) is 16.2 Å². The second-order valence-corrected chi connectivity index (χ2v) is 9.07. The molecule has 0 spiro atoms. The maximum Gasteiger partial charge on any atom is 0.303 e. The van der Waals surface area contributed by atoms with Crippen LogP contribution in [0.3, 0.4) is 0 Å². The van der Waals surface area contributed by atoms with Crippen molar-refractivity contribution < 1.29 is 19.4 Å². The van der Waals surface area contributed by atoms with E-state index in [4.69, 9.17) is 33.7 Å². The second-order valence-electron chi connectivity index (χ2n) is 6.99. The Bertz CT molecular complexity index is 991. The second kappa shape index (κ2) is 11.3. The van der Waals surface area contributed by atoms with Crippen LogP contribution in [-0.4, -0.2) is 32.7 Å². The average molecular weight is 476 g/mol. The van der Waals surface area contributed by atoms with Gasteiger partial charge in [-0.3, -0.25) is 14.5 Å². The van der Waals surface area contributed by atoms with Crippen LogP contribution in [0.25, 0.3) is 6.08 Å². The number of carbonyl (C=O) groups is 2. The number of unbranched alkanes of at least 4 members (excludes halogenated alkanes) is 2. The van der Waals surface area contributed by atoms with Gasteiger partial charge in [0, 0.05) is 23.6 Å². The molecule has 2 aromatic carbocycles. The van der Waals surface area contributed by atoms with Crippen molar-refractivity contribution in [1.29, 1.82) is 0 Å². The first-order valence-electron chi connectivity index (χ1n) is 9.87. The van der Waals surface area contributed by atoms with Gasteiger partial charge in [-0.15, -0.1) is 0 Å². The van der Waals surface area contributed by atoms with Crippen molar-refractivity contribution in [3.63, 3.8) is 0 Å². The van der Waals surface area contributed by atoms with Gasteiger partial charge in [0.05, 0.1) is 4.91 Å². The van der Waals surface area contributed by atoms with Crippen molar-refractivity contribution in [3.8, 4) is 5.75 Å². The molecule has 0 unspecified atom stereocenters. The zero-order chi connectivity index (χ0) is 22.2. The molecule has 3 rings (SSSR count). The normalized spacial score (nSPS) is 15.0. The van der Waals surface area contributed by atoms with Crippen LogP contribution in [0.15, 0.2) is 53.4 Å². The van der Waals surface area contributed by atoms with Gasteiger partial charge in [-0.2, -0.15) is 0 Å². The summed E-state index contributed by atoms with van der Waals surface area (Å²) < 4.78 is 6.33. The maximum absolute atomic E-state index is 12.7. The number of hydrogen-bond donors (Lipinski definition) is 1. The first-order valence-corrected chi connectivity index (χ1v) is 11.5. The van der Waals surface area contributed by atoms with Gasteiger partial charge in [0.25, 0.3) is 5.91 Å². The molecule has 0 saturated carbocycles. The lowest BCUT2D eigenvalue weighted by molar-refractivity contribution is -0.137. The predicted octanol–water partition coefficient (Wildman–Crippen LogP) is 5.77. The molecule has 1 N–H and O–H groups in total. The molecule has 1 amide bonds. The van der Waals surface area contributed by atoms with Crippen molar-refractivity contribution in [1.82, 2.24) is 4.90 Å². The first-order chi connectivity index (χ1) is 14.9. The fourth-order valence-corrected chi connectivity index (χ4v) is 4.50. The third kappa shape index (κ3) is 6.82. The van der Waals surface area contributed by atoms with Crippen LogP contribution in [0, 0.1) is 0 Å². The van der Waals surface area contributed by atoms with Crippen LogP contribution >= 0.6 is 35.6 Å². The van der Waals surface area contributed by atoms with E-state index in [9.17, 15) is 9.59 Å². The van der Waals surface area contributed by atoms with E-state index < -0.39 is 5.97 Å². The molecule has 2 aromatic rings. The van der Waals surface area contributed by atoms with E-state index in [1.165, 1.54) is 11.8 Å². The lowest BCUT2D eigenvalue weighted by atomic mass is 10.2. The van der Waals surface area contributed by atoms with Crippen LogP contribution in [0.1, 0.15) is 36.8 Å². The van der Waals surface area contributed by atoms with Gasteiger partial charge in [0.15, 0.2) is 0 Å². The Balaban J connectivity index is 1.54. The highest BCUT2D eigenvalue weighted by Crippen LogP contribution is 2.33. The van der Waals surface area contributed by atoms with Crippen molar-refractivity contribution in [2.24, 2.45) is 0 Å². The quantitative estimate of drug-likeness (QED) is 0.267. The van der Waals surface area contributed by atoms with Crippen LogP contribution in [0.4, 0.5) is 0 Å². The van der Waals surface area contributed by atoms with Gasteiger partial charge >= 0.3 is 5.97 Å².